The predicted octanol–water partition coefficient (Wildman–Crippen LogP) is 2.28. The quantitative estimate of drug-likeness (QED) is 0.594. The summed E-state index contributed by atoms with van der Waals surface area (Å²) in [6, 6.07) is 7.22. The molecule has 0 aromatic heterocycles. The van der Waals surface area contributed by atoms with E-state index in [1.54, 1.807) is 12.1 Å². The molecule has 0 spiro atoms. The average Bonchev–Trinajstić information content (AvgIpc) is 2.25. The van der Waals surface area contributed by atoms with E-state index in [2.05, 4.69) is 0 Å². The monoisotopic (exact) mass is 236 g/mol. The summed E-state index contributed by atoms with van der Waals surface area (Å²) in [6.07, 6.45) is 0. The van der Waals surface area contributed by atoms with Crippen LogP contribution in [0.2, 0.25) is 0 Å². The fourth-order valence-electron chi connectivity index (χ4n) is 1.47. The van der Waals surface area contributed by atoms with E-state index in [9.17, 15) is 9.59 Å². The van der Waals surface area contributed by atoms with Crippen molar-refractivity contribution in [2.45, 2.75) is 26.7 Å². The number of esters is 2. The third-order valence-corrected chi connectivity index (χ3v) is 2.24. The molecule has 1 rings (SSSR count). The Morgan fingerprint density at radius 1 is 1.18 bits per heavy atom. The third-order valence-electron chi connectivity index (χ3n) is 2.24. The number of carbonyl (C=O) groups excluding carboxylic acids is 2. The minimum absolute atomic E-state index is 0.0190. The molecule has 0 aliphatic rings. The summed E-state index contributed by atoms with van der Waals surface area (Å²) in [5.41, 5.74) is 0.851. The number of para-hydroxylation sites is 1. The Morgan fingerprint density at radius 3 is 2.41 bits per heavy atom. The van der Waals surface area contributed by atoms with Crippen LogP contribution in [0.15, 0.2) is 24.3 Å². The van der Waals surface area contributed by atoms with Crippen molar-refractivity contribution in [3.8, 4) is 5.75 Å². The first-order chi connectivity index (χ1) is 8.00. The molecule has 4 heteroatoms. The van der Waals surface area contributed by atoms with Crippen molar-refractivity contribution >= 4 is 11.9 Å². The Kier molecular flexibility index (Phi) is 4.69. The topological polar surface area (TPSA) is 52.6 Å². The van der Waals surface area contributed by atoms with Crippen molar-refractivity contribution in [1.29, 1.82) is 0 Å². The molecule has 0 saturated carbocycles. The number of rotatable bonds is 4. The molecule has 0 amide bonds. The first-order valence-electron chi connectivity index (χ1n) is 5.41. The summed E-state index contributed by atoms with van der Waals surface area (Å²) >= 11 is 0. The summed E-state index contributed by atoms with van der Waals surface area (Å²) in [4.78, 5) is 21.7. The molecular formula is C13H16O4. The maximum Gasteiger partial charge on any atom is 0.308 e. The van der Waals surface area contributed by atoms with E-state index in [-0.39, 0.29) is 24.5 Å². The second-order valence-electron chi connectivity index (χ2n) is 3.84. The van der Waals surface area contributed by atoms with E-state index in [0.29, 0.717) is 5.75 Å². The molecule has 0 saturated heterocycles. The summed E-state index contributed by atoms with van der Waals surface area (Å²) in [6.45, 7) is 4.90. The molecule has 0 bridgehead atoms. The van der Waals surface area contributed by atoms with Gasteiger partial charge in [0.05, 0.1) is 6.61 Å². The van der Waals surface area contributed by atoms with Gasteiger partial charge in [-0.25, -0.2) is 0 Å². The second-order valence-corrected chi connectivity index (χ2v) is 3.84. The van der Waals surface area contributed by atoms with Crippen LogP contribution in [0.25, 0.3) is 0 Å². The smallest absolute Gasteiger partial charge is 0.308 e. The zero-order valence-corrected chi connectivity index (χ0v) is 10.2. The van der Waals surface area contributed by atoms with Crippen LogP contribution >= 0.6 is 0 Å². The molecule has 1 aromatic carbocycles. The van der Waals surface area contributed by atoms with Crippen LogP contribution in [0.5, 0.6) is 5.75 Å². The van der Waals surface area contributed by atoms with E-state index in [0.717, 1.165) is 5.56 Å². The lowest BCUT2D eigenvalue weighted by atomic mass is 10.0. The molecule has 1 unspecified atom stereocenters. The summed E-state index contributed by atoms with van der Waals surface area (Å²) in [5, 5.41) is 0. The van der Waals surface area contributed by atoms with Gasteiger partial charge >= 0.3 is 11.9 Å². The van der Waals surface area contributed by atoms with Crippen LogP contribution in [-0.4, -0.2) is 18.5 Å². The van der Waals surface area contributed by atoms with Gasteiger partial charge in [0.2, 0.25) is 0 Å². The Hall–Kier alpha value is -1.84. The van der Waals surface area contributed by atoms with Crippen LogP contribution in [0, 0.1) is 0 Å². The molecule has 4 nitrogen and oxygen atoms in total. The van der Waals surface area contributed by atoms with Gasteiger partial charge in [-0.05, 0) is 6.07 Å². The number of hydrogen-bond donors (Lipinski definition) is 0. The highest BCUT2D eigenvalue weighted by atomic mass is 16.5. The van der Waals surface area contributed by atoms with Gasteiger partial charge in [0.1, 0.15) is 5.75 Å². The van der Waals surface area contributed by atoms with Crippen molar-refractivity contribution in [2.24, 2.45) is 0 Å². The molecule has 0 radical (unpaired) electrons. The van der Waals surface area contributed by atoms with Gasteiger partial charge < -0.3 is 9.47 Å². The fourth-order valence-corrected chi connectivity index (χ4v) is 1.47. The lowest BCUT2D eigenvalue weighted by molar-refractivity contribution is -0.141. The lowest BCUT2D eigenvalue weighted by Crippen LogP contribution is -2.11. The van der Waals surface area contributed by atoms with Crippen molar-refractivity contribution in [1.82, 2.24) is 0 Å². The van der Waals surface area contributed by atoms with Crippen molar-refractivity contribution < 1.29 is 19.1 Å². The molecule has 0 fully saturated rings. The lowest BCUT2D eigenvalue weighted by Gasteiger charge is -2.15. The van der Waals surface area contributed by atoms with Crippen LogP contribution in [0.4, 0.5) is 0 Å². The number of carbonyl (C=O) groups is 2. The van der Waals surface area contributed by atoms with E-state index in [4.69, 9.17) is 9.47 Å². The largest absolute Gasteiger partial charge is 0.465 e. The van der Waals surface area contributed by atoms with Gasteiger partial charge in [0.25, 0.3) is 0 Å². The van der Waals surface area contributed by atoms with Gasteiger partial charge in [-0.1, -0.05) is 25.1 Å². The minimum atomic E-state index is -0.364. The molecule has 17 heavy (non-hydrogen) atoms. The molecule has 1 atom stereocenters. The van der Waals surface area contributed by atoms with E-state index in [1.165, 1.54) is 13.8 Å². The van der Waals surface area contributed by atoms with Crippen LogP contribution in [0.1, 0.15) is 32.3 Å². The highest BCUT2D eigenvalue weighted by Gasteiger charge is 2.13. The number of hydrogen-bond acceptors (Lipinski definition) is 4. The maximum absolute atomic E-state index is 10.9. The standard InChI is InChI=1S/C13H16O4/c1-9(8-16-10(2)14)12-6-4-5-7-13(12)17-11(3)15/h4-7,9H,8H2,1-3H3. The highest BCUT2D eigenvalue weighted by Crippen LogP contribution is 2.26. The van der Waals surface area contributed by atoms with Gasteiger partial charge in [-0.3, -0.25) is 9.59 Å². The molecule has 92 valence electrons. The van der Waals surface area contributed by atoms with E-state index < -0.39 is 0 Å². The molecular weight excluding hydrogens is 220 g/mol. The van der Waals surface area contributed by atoms with Gasteiger partial charge in [-0.15, -0.1) is 0 Å². The zero-order valence-electron chi connectivity index (χ0n) is 10.2. The minimum Gasteiger partial charge on any atom is -0.465 e. The van der Waals surface area contributed by atoms with Crippen LogP contribution in [-0.2, 0) is 14.3 Å². The number of benzene rings is 1. The average molecular weight is 236 g/mol. The summed E-state index contributed by atoms with van der Waals surface area (Å²) in [5.74, 6) is -0.187. The van der Waals surface area contributed by atoms with E-state index in [1.807, 2.05) is 19.1 Å². The predicted molar refractivity (Wildman–Crippen MR) is 62.8 cm³/mol. The SMILES string of the molecule is CC(=O)OCC(C)c1ccccc1OC(C)=O. The molecule has 0 heterocycles. The van der Waals surface area contributed by atoms with Gasteiger partial charge in [0.15, 0.2) is 0 Å². The molecule has 0 aliphatic carbocycles. The normalized spacial score (nSPS) is 11.7. The summed E-state index contributed by atoms with van der Waals surface area (Å²) in [7, 11) is 0. The van der Waals surface area contributed by atoms with Crippen molar-refractivity contribution in [3.05, 3.63) is 29.8 Å². The Balaban J connectivity index is 2.80. The van der Waals surface area contributed by atoms with Crippen molar-refractivity contribution in [2.75, 3.05) is 6.61 Å². The van der Waals surface area contributed by atoms with Crippen molar-refractivity contribution in [3.63, 3.8) is 0 Å². The fraction of sp³-hybridized carbons (Fsp3) is 0.385. The second kappa shape index (κ2) is 6.03. The summed E-state index contributed by atoms with van der Waals surface area (Å²) < 4.78 is 10.0. The zero-order chi connectivity index (χ0) is 12.8. The molecule has 1 aromatic rings. The Bertz CT molecular complexity index is 412. The van der Waals surface area contributed by atoms with Gasteiger partial charge in [-0.2, -0.15) is 0 Å². The van der Waals surface area contributed by atoms with E-state index >= 15 is 0 Å². The third kappa shape index (κ3) is 4.26. The molecule has 0 N–H and O–H groups in total. The first kappa shape index (κ1) is 13.2. The highest BCUT2D eigenvalue weighted by molar-refractivity contribution is 5.70. The number of ether oxygens (including phenoxy) is 2. The van der Waals surface area contributed by atoms with Crippen LogP contribution < -0.4 is 4.74 Å². The Labute approximate surface area is 101 Å². The van der Waals surface area contributed by atoms with Gasteiger partial charge in [0, 0.05) is 25.3 Å². The van der Waals surface area contributed by atoms with Crippen LogP contribution in [0.3, 0.4) is 0 Å². The maximum atomic E-state index is 10.9. The molecule has 0 aliphatic heterocycles. The Morgan fingerprint density at radius 2 is 1.82 bits per heavy atom. The first-order valence-corrected chi connectivity index (χ1v) is 5.41.